The molecule has 1 aromatic carbocycles. The summed E-state index contributed by atoms with van der Waals surface area (Å²) in [6, 6.07) is 5.52. The zero-order chi connectivity index (χ0) is 12.5. The quantitative estimate of drug-likeness (QED) is 0.863. The van der Waals surface area contributed by atoms with E-state index in [4.69, 9.17) is 9.84 Å². The van der Waals surface area contributed by atoms with Crippen molar-refractivity contribution in [2.45, 2.75) is 6.61 Å². The van der Waals surface area contributed by atoms with Gasteiger partial charge in [-0.3, -0.25) is 4.79 Å². The van der Waals surface area contributed by atoms with Crippen molar-refractivity contribution in [1.29, 1.82) is 0 Å². The summed E-state index contributed by atoms with van der Waals surface area (Å²) in [7, 11) is 0. The summed E-state index contributed by atoms with van der Waals surface area (Å²) in [4.78, 5) is 15.5. The molecule has 5 nitrogen and oxygen atoms in total. The third-order valence-corrected chi connectivity index (χ3v) is 3.51. The molecule has 92 valence electrons. The number of aliphatic hydroxyl groups is 1. The normalized spacial score (nSPS) is 13.7. The fourth-order valence-corrected chi connectivity index (χ4v) is 2.54. The van der Waals surface area contributed by atoms with E-state index in [2.05, 4.69) is 10.3 Å². The molecule has 1 amide bonds. The van der Waals surface area contributed by atoms with Gasteiger partial charge in [-0.25, -0.2) is 4.98 Å². The van der Waals surface area contributed by atoms with Crippen LogP contribution >= 0.6 is 11.3 Å². The SMILES string of the molecule is O=C1COc2ccc(-c3nc(CO)cs3)cc2N1. The average molecular weight is 262 g/mol. The maximum Gasteiger partial charge on any atom is 0.262 e. The van der Waals surface area contributed by atoms with Crippen LogP contribution in [0.4, 0.5) is 5.69 Å². The van der Waals surface area contributed by atoms with E-state index in [1.807, 2.05) is 23.6 Å². The summed E-state index contributed by atoms with van der Waals surface area (Å²) in [5, 5.41) is 14.4. The summed E-state index contributed by atoms with van der Waals surface area (Å²) >= 11 is 1.45. The maximum absolute atomic E-state index is 11.2. The van der Waals surface area contributed by atoms with Crippen LogP contribution in [-0.2, 0) is 11.4 Å². The zero-order valence-corrected chi connectivity index (χ0v) is 10.2. The molecule has 2 N–H and O–H groups in total. The van der Waals surface area contributed by atoms with Crippen molar-refractivity contribution in [3.05, 3.63) is 29.3 Å². The molecule has 0 saturated heterocycles. The highest BCUT2D eigenvalue weighted by atomic mass is 32.1. The van der Waals surface area contributed by atoms with E-state index in [0.717, 1.165) is 10.6 Å². The van der Waals surface area contributed by atoms with Crippen molar-refractivity contribution in [1.82, 2.24) is 4.98 Å². The van der Waals surface area contributed by atoms with Gasteiger partial charge in [0.05, 0.1) is 18.0 Å². The molecule has 0 unspecified atom stereocenters. The van der Waals surface area contributed by atoms with Crippen molar-refractivity contribution in [2.75, 3.05) is 11.9 Å². The van der Waals surface area contributed by atoms with Gasteiger partial charge in [0, 0.05) is 10.9 Å². The first-order chi connectivity index (χ1) is 8.76. The highest BCUT2D eigenvalue weighted by molar-refractivity contribution is 7.13. The first-order valence-corrected chi connectivity index (χ1v) is 6.26. The minimum Gasteiger partial charge on any atom is -0.482 e. The molecule has 2 heterocycles. The minimum atomic E-state index is -0.158. The number of benzene rings is 1. The van der Waals surface area contributed by atoms with Crippen LogP contribution in [0.25, 0.3) is 10.6 Å². The van der Waals surface area contributed by atoms with Crippen LogP contribution in [-0.4, -0.2) is 22.6 Å². The number of nitrogens with one attached hydrogen (secondary N) is 1. The number of carbonyl (C=O) groups excluding carboxylic acids is 1. The molecule has 1 aliphatic heterocycles. The second-order valence-corrected chi connectivity index (χ2v) is 4.71. The molecule has 1 aliphatic rings. The predicted octanol–water partition coefficient (Wildman–Crippen LogP) is 1.63. The molecular formula is C12H10N2O3S. The Morgan fingerprint density at radius 1 is 1.50 bits per heavy atom. The summed E-state index contributed by atoms with van der Waals surface area (Å²) in [5.74, 6) is 0.507. The Labute approximate surface area is 107 Å². The second kappa shape index (κ2) is 4.40. The van der Waals surface area contributed by atoms with Crippen molar-refractivity contribution in [3.8, 4) is 16.3 Å². The van der Waals surface area contributed by atoms with E-state index in [-0.39, 0.29) is 19.1 Å². The third kappa shape index (κ3) is 1.96. The van der Waals surface area contributed by atoms with Crippen molar-refractivity contribution in [3.63, 3.8) is 0 Å². The van der Waals surface area contributed by atoms with Crippen LogP contribution in [0.1, 0.15) is 5.69 Å². The Hall–Kier alpha value is -1.92. The molecule has 0 radical (unpaired) electrons. The van der Waals surface area contributed by atoms with Crippen LogP contribution in [0.15, 0.2) is 23.6 Å². The third-order valence-electron chi connectivity index (χ3n) is 2.57. The molecule has 0 fully saturated rings. The Morgan fingerprint density at radius 3 is 3.17 bits per heavy atom. The standard InChI is InChI=1S/C12H10N2O3S/c15-4-8-6-18-12(13-8)7-1-2-10-9(3-7)14-11(16)5-17-10/h1-3,6,15H,4-5H2,(H,14,16). The molecule has 18 heavy (non-hydrogen) atoms. The number of hydrogen-bond donors (Lipinski definition) is 2. The number of amides is 1. The number of ether oxygens (including phenoxy) is 1. The summed E-state index contributed by atoms with van der Waals surface area (Å²) in [6.07, 6.45) is 0. The number of nitrogens with zero attached hydrogens (tertiary/aromatic N) is 1. The van der Waals surface area contributed by atoms with Gasteiger partial charge < -0.3 is 15.2 Å². The summed E-state index contributed by atoms with van der Waals surface area (Å²) in [6.45, 7) is -0.0143. The number of hydrogen-bond acceptors (Lipinski definition) is 5. The van der Waals surface area contributed by atoms with E-state index in [9.17, 15) is 4.79 Å². The number of aromatic nitrogens is 1. The summed E-state index contributed by atoms with van der Waals surface area (Å²) < 4.78 is 5.28. The van der Waals surface area contributed by atoms with E-state index >= 15 is 0 Å². The number of thiazole rings is 1. The molecule has 0 saturated carbocycles. The first-order valence-electron chi connectivity index (χ1n) is 5.38. The van der Waals surface area contributed by atoms with Gasteiger partial charge in [-0.05, 0) is 18.2 Å². The van der Waals surface area contributed by atoms with E-state index in [1.165, 1.54) is 11.3 Å². The highest BCUT2D eigenvalue weighted by Gasteiger charge is 2.17. The van der Waals surface area contributed by atoms with Crippen LogP contribution < -0.4 is 10.1 Å². The minimum absolute atomic E-state index is 0.0538. The van der Waals surface area contributed by atoms with Gasteiger partial charge in [0.25, 0.3) is 5.91 Å². The molecule has 6 heteroatoms. The molecule has 3 rings (SSSR count). The molecular weight excluding hydrogens is 252 g/mol. The Morgan fingerprint density at radius 2 is 2.39 bits per heavy atom. The first kappa shape index (κ1) is 11.2. The summed E-state index contributed by atoms with van der Waals surface area (Å²) in [5.41, 5.74) is 2.20. The largest absolute Gasteiger partial charge is 0.482 e. The van der Waals surface area contributed by atoms with Crippen LogP contribution in [0.2, 0.25) is 0 Å². The Kier molecular flexibility index (Phi) is 2.73. The van der Waals surface area contributed by atoms with Gasteiger partial charge >= 0.3 is 0 Å². The van der Waals surface area contributed by atoms with Gasteiger partial charge in [-0.2, -0.15) is 0 Å². The molecule has 0 spiro atoms. The van der Waals surface area contributed by atoms with E-state index < -0.39 is 0 Å². The number of aliphatic hydroxyl groups excluding tert-OH is 1. The molecule has 0 aliphatic carbocycles. The fraction of sp³-hybridized carbons (Fsp3) is 0.167. The van der Waals surface area contributed by atoms with E-state index in [0.29, 0.717) is 17.1 Å². The van der Waals surface area contributed by atoms with Gasteiger partial charge in [0.2, 0.25) is 0 Å². The number of carbonyl (C=O) groups is 1. The van der Waals surface area contributed by atoms with Gasteiger partial charge in [-0.1, -0.05) is 0 Å². The second-order valence-electron chi connectivity index (χ2n) is 3.85. The maximum atomic E-state index is 11.2. The predicted molar refractivity (Wildman–Crippen MR) is 67.6 cm³/mol. The van der Waals surface area contributed by atoms with Crippen LogP contribution in [0.3, 0.4) is 0 Å². The Balaban J connectivity index is 1.98. The lowest BCUT2D eigenvalue weighted by atomic mass is 10.2. The Bertz CT molecular complexity index is 609. The fourth-order valence-electron chi connectivity index (χ4n) is 1.73. The lowest BCUT2D eigenvalue weighted by Gasteiger charge is -2.18. The monoisotopic (exact) mass is 262 g/mol. The molecule has 0 bridgehead atoms. The van der Waals surface area contributed by atoms with E-state index in [1.54, 1.807) is 0 Å². The van der Waals surface area contributed by atoms with Gasteiger partial charge in [0.15, 0.2) is 6.61 Å². The molecule has 0 atom stereocenters. The van der Waals surface area contributed by atoms with Crippen molar-refractivity contribution in [2.24, 2.45) is 0 Å². The van der Waals surface area contributed by atoms with Crippen molar-refractivity contribution >= 4 is 22.9 Å². The number of anilines is 1. The van der Waals surface area contributed by atoms with Crippen LogP contribution in [0.5, 0.6) is 5.75 Å². The molecule has 2 aromatic rings. The molecule has 1 aromatic heterocycles. The van der Waals surface area contributed by atoms with Crippen LogP contribution in [0, 0.1) is 0 Å². The lowest BCUT2D eigenvalue weighted by Crippen LogP contribution is -2.25. The topological polar surface area (TPSA) is 71.5 Å². The highest BCUT2D eigenvalue weighted by Crippen LogP contribution is 2.33. The lowest BCUT2D eigenvalue weighted by molar-refractivity contribution is -0.118. The number of rotatable bonds is 2. The van der Waals surface area contributed by atoms with Crippen molar-refractivity contribution < 1.29 is 14.6 Å². The smallest absolute Gasteiger partial charge is 0.262 e. The average Bonchev–Trinajstić information content (AvgIpc) is 2.86. The van der Waals surface area contributed by atoms with Gasteiger partial charge in [-0.15, -0.1) is 11.3 Å². The van der Waals surface area contributed by atoms with Gasteiger partial charge in [0.1, 0.15) is 10.8 Å². The zero-order valence-electron chi connectivity index (χ0n) is 9.34. The number of fused-ring (bicyclic) bond motifs is 1.